The average Bonchev–Trinajstić information content (AvgIpc) is 2.68. The topological polar surface area (TPSA) is 29.1 Å². The maximum Gasteiger partial charge on any atom is 0.162 e. The van der Waals surface area contributed by atoms with E-state index in [0.29, 0.717) is 16.5 Å². The number of allylic oxidation sites excluding steroid dienone is 1. The minimum Gasteiger partial charge on any atom is -0.373 e. The minimum absolute atomic E-state index is 0.0792. The standard InChI is InChI=1S/C25H21Cl2NO/c1-25(2)12-17-21-15-7-4-3-6-14(15)10-11-19(21)28-24(22(17)20(29)13-25)16-8-5-9-18(26)23(16)27/h3-11,24,28H,12-13H2,1-2H3/t24-/m0/s1. The molecule has 1 atom stereocenters. The molecule has 1 heterocycles. The largest absolute Gasteiger partial charge is 0.373 e. The van der Waals surface area contributed by atoms with Crippen LogP contribution in [0.3, 0.4) is 0 Å². The zero-order valence-corrected chi connectivity index (χ0v) is 17.9. The van der Waals surface area contributed by atoms with Gasteiger partial charge in [-0.3, -0.25) is 4.79 Å². The van der Waals surface area contributed by atoms with E-state index in [4.69, 9.17) is 23.2 Å². The Morgan fingerprint density at radius 3 is 2.59 bits per heavy atom. The first-order valence-corrected chi connectivity index (χ1v) is 10.6. The first-order chi connectivity index (χ1) is 13.9. The fourth-order valence-electron chi connectivity index (χ4n) is 4.81. The van der Waals surface area contributed by atoms with Crippen LogP contribution >= 0.6 is 23.2 Å². The predicted molar refractivity (Wildman–Crippen MR) is 122 cm³/mol. The third kappa shape index (κ3) is 2.97. The fraction of sp³-hybridized carbons (Fsp3) is 0.240. The number of carbonyl (C=O) groups excluding carboxylic acids is 1. The molecule has 0 amide bonds. The first kappa shape index (κ1) is 18.7. The van der Waals surface area contributed by atoms with Crippen molar-refractivity contribution in [3.8, 4) is 0 Å². The molecule has 0 saturated heterocycles. The molecule has 2 aliphatic rings. The number of ketones is 1. The summed E-state index contributed by atoms with van der Waals surface area (Å²) in [5.41, 5.74) is 4.92. The van der Waals surface area contributed by atoms with Crippen molar-refractivity contribution in [2.24, 2.45) is 5.41 Å². The Bertz CT molecular complexity index is 1210. The number of Topliss-reactive ketones (excluding diaryl/α,β-unsaturated/α-hetero) is 1. The van der Waals surface area contributed by atoms with Crippen LogP contribution < -0.4 is 5.32 Å². The monoisotopic (exact) mass is 421 g/mol. The molecule has 0 bridgehead atoms. The molecule has 3 aromatic carbocycles. The van der Waals surface area contributed by atoms with Crippen molar-refractivity contribution in [1.82, 2.24) is 0 Å². The third-order valence-corrected chi connectivity index (χ3v) is 6.87. The molecule has 0 fully saturated rings. The number of anilines is 1. The van der Waals surface area contributed by atoms with E-state index in [-0.39, 0.29) is 17.2 Å². The van der Waals surface area contributed by atoms with Crippen LogP contribution in [0.25, 0.3) is 16.3 Å². The molecule has 0 unspecified atom stereocenters. The molecule has 0 radical (unpaired) electrons. The molecule has 3 aromatic rings. The molecule has 1 N–H and O–H groups in total. The number of rotatable bonds is 1. The maximum absolute atomic E-state index is 13.4. The zero-order valence-electron chi connectivity index (χ0n) is 16.4. The van der Waals surface area contributed by atoms with Crippen molar-refractivity contribution >= 4 is 51.0 Å². The second kappa shape index (κ2) is 6.62. The molecule has 1 aliphatic heterocycles. The Labute approximate surface area is 180 Å². The van der Waals surface area contributed by atoms with Crippen molar-refractivity contribution in [1.29, 1.82) is 0 Å². The van der Waals surface area contributed by atoms with Crippen molar-refractivity contribution in [3.05, 3.63) is 81.3 Å². The molecule has 0 saturated carbocycles. The third-order valence-electron chi connectivity index (χ3n) is 6.03. The highest BCUT2D eigenvalue weighted by Gasteiger charge is 2.41. The number of hydrogen-bond donors (Lipinski definition) is 1. The van der Waals surface area contributed by atoms with Gasteiger partial charge in [-0.05, 0) is 45.9 Å². The second-order valence-electron chi connectivity index (χ2n) is 8.76. The van der Waals surface area contributed by atoms with Gasteiger partial charge >= 0.3 is 0 Å². The van der Waals surface area contributed by atoms with Gasteiger partial charge in [-0.1, -0.05) is 79.5 Å². The summed E-state index contributed by atoms with van der Waals surface area (Å²) in [4.78, 5) is 13.4. The zero-order chi connectivity index (χ0) is 20.3. The van der Waals surface area contributed by atoms with Gasteiger partial charge in [-0.25, -0.2) is 0 Å². The van der Waals surface area contributed by atoms with Crippen LogP contribution in [0.15, 0.2) is 60.2 Å². The summed E-state index contributed by atoms with van der Waals surface area (Å²) >= 11 is 12.9. The van der Waals surface area contributed by atoms with Gasteiger partial charge in [0.05, 0.1) is 16.1 Å². The Hall–Kier alpha value is -2.29. The lowest BCUT2D eigenvalue weighted by molar-refractivity contribution is -0.118. The van der Waals surface area contributed by atoms with Crippen LogP contribution in [-0.4, -0.2) is 5.78 Å². The summed E-state index contributed by atoms with van der Waals surface area (Å²) in [6.07, 6.45) is 1.38. The maximum atomic E-state index is 13.4. The van der Waals surface area contributed by atoms with Crippen LogP contribution in [0, 0.1) is 5.41 Å². The SMILES string of the molecule is CC1(C)CC(=O)C2=C(C1)c1c(ccc3ccccc13)N[C@H]2c1cccc(Cl)c1Cl. The number of hydrogen-bond acceptors (Lipinski definition) is 2. The van der Waals surface area contributed by atoms with Crippen molar-refractivity contribution in [3.63, 3.8) is 0 Å². The lowest BCUT2D eigenvalue weighted by Gasteiger charge is -2.40. The number of nitrogens with one attached hydrogen (secondary N) is 1. The van der Waals surface area contributed by atoms with E-state index in [0.717, 1.165) is 34.4 Å². The van der Waals surface area contributed by atoms with E-state index in [2.05, 4.69) is 49.5 Å². The van der Waals surface area contributed by atoms with Crippen molar-refractivity contribution in [2.75, 3.05) is 5.32 Å². The number of benzene rings is 3. The molecular weight excluding hydrogens is 401 g/mol. The van der Waals surface area contributed by atoms with Crippen LogP contribution in [-0.2, 0) is 4.79 Å². The average molecular weight is 422 g/mol. The van der Waals surface area contributed by atoms with Gasteiger partial charge in [-0.15, -0.1) is 0 Å². The Balaban J connectivity index is 1.83. The summed E-state index contributed by atoms with van der Waals surface area (Å²) in [5.74, 6) is 0.184. The predicted octanol–water partition coefficient (Wildman–Crippen LogP) is 7.46. The van der Waals surface area contributed by atoms with E-state index in [9.17, 15) is 4.79 Å². The van der Waals surface area contributed by atoms with Crippen LogP contribution in [0.2, 0.25) is 10.0 Å². The van der Waals surface area contributed by atoms with Crippen LogP contribution in [0.1, 0.15) is 43.9 Å². The molecule has 2 nitrogen and oxygen atoms in total. The number of halogens is 2. The molecule has 146 valence electrons. The number of carbonyl (C=O) groups is 1. The minimum atomic E-state index is -0.298. The molecule has 0 aromatic heterocycles. The van der Waals surface area contributed by atoms with Gasteiger partial charge in [0.25, 0.3) is 0 Å². The van der Waals surface area contributed by atoms with Crippen LogP contribution in [0.4, 0.5) is 5.69 Å². The van der Waals surface area contributed by atoms with E-state index < -0.39 is 0 Å². The fourth-order valence-corrected chi connectivity index (χ4v) is 5.23. The molecular formula is C25H21Cl2NO. The smallest absolute Gasteiger partial charge is 0.162 e. The summed E-state index contributed by atoms with van der Waals surface area (Å²) in [5, 5.41) is 6.96. The van der Waals surface area contributed by atoms with Gasteiger partial charge in [0, 0.05) is 23.2 Å². The van der Waals surface area contributed by atoms with E-state index >= 15 is 0 Å². The quantitative estimate of drug-likeness (QED) is 0.441. The lowest BCUT2D eigenvalue weighted by atomic mass is 9.68. The highest BCUT2D eigenvalue weighted by atomic mass is 35.5. The Morgan fingerprint density at radius 1 is 0.966 bits per heavy atom. The summed E-state index contributed by atoms with van der Waals surface area (Å²) in [7, 11) is 0. The summed E-state index contributed by atoms with van der Waals surface area (Å²) in [6.45, 7) is 4.34. The van der Waals surface area contributed by atoms with Gasteiger partial charge in [0.2, 0.25) is 0 Å². The summed E-state index contributed by atoms with van der Waals surface area (Å²) in [6, 6.07) is 17.9. The molecule has 1 aliphatic carbocycles. The van der Waals surface area contributed by atoms with Gasteiger partial charge < -0.3 is 5.32 Å². The van der Waals surface area contributed by atoms with Gasteiger partial charge in [0.15, 0.2) is 5.78 Å². The second-order valence-corrected chi connectivity index (χ2v) is 9.55. The van der Waals surface area contributed by atoms with E-state index in [1.165, 1.54) is 10.8 Å². The molecule has 5 rings (SSSR count). The van der Waals surface area contributed by atoms with E-state index in [1.54, 1.807) is 6.07 Å². The molecule has 4 heteroatoms. The van der Waals surface area contributed by atoms with Gasteiger partial charge in [-0.2, -0.15) is 0 Å². The Kier molecular flexibility index (Phi) is 4.27. The highest BCUT2D eigenvalue weighted by Crippen LogP contribution is 2.52. The number of fused-ring (bicyclic) bond motifs is 4. The summed E-state index contributed by atoms with van der Waals surface area (Å²) < 4.78 is 0. The normalized spacial score (nSPS) is 20.3. The van der Waals surface area contributed by atoms with Crippen LogP contribution in [0.5, 0.6) is 0 Å². The molecule has 29 heavy (non-hydrogen) atoms. The first-order valence-electron chi connectivity index (χ1n) is 9.84. The highest BCUT2D eigenvalue weighted by molar-refractivity contribution is 6.42. The molecule has 0 spiro atoms. The van der Waals surface area contributed by atoms with E-state index in [1.807, 2.05) is 18.2 Å². The van der Waals surface area contributed by atoms with Crippen molar-refractivity contribution < 1.29 is 4.79 Å². The van der Waals surface area contributed by atoms with Crippen molar-refractivity contribution in [2.45, 2.75) is 32.7 Å². The lowest BCUT2D eigenvalue weighted by Crippen LogP contribution is -2.33. The Morgan fingerprint density at radius 2 is 1.76 bits per heavy atom. The van der Waals surface area contributed by atoms with Gasteiger partial charge in [0.1, 0.15) is 0 Å².